The van der Waals surface area contributed by atoms with Gasteiger partial charge >= 0.3 is 0 Å². The predicted octanol–water partition coefficient (Wildman–Crippen LogP) is 2.43. The van der Waals surface area contributed by atoms with Crippen molar-refractivity contribution >= 4 is 11.0 Å². The molecule has 0 fully saturated rings. The lowest BCUT2D eigenvalue weighted by Gasteiger charge is -2.14. The quantitative estimate of drug-likeness (QED) is 0.741. The van der Waals surface area contributed by atoms with Crippen molar-refractivity contribution < 1.29 is 0 Å². The Bertz CT molecular complexity index is 840. The van der Waals surface area contributed by atoms with Crippen molar-refractivity contribution in [2.45, 2.75) is 26.8 Å². The van der Waals surface area contributed by atoms with Crippen molar-refractivity contribution in [1.82, 2.24) is 19.7 Å². The van der Waals surface area contributed by atoms with Gasteiger partial charge in [-0.05, 0) is 17.5 Å². The van der Waals surface area contributed by atoms with Gasteiger partial charge in [-0.15, -0.1) is 5.10 Å². The molecule has 0 radical (unpaired) electrons. The molecule has 0 amide bonds. The van der Waals surface area contributed by atoms with Crippen LogP contribution >= 0.6 is 0 Å². The minimum Gasteiger partial charge on any atom is -0.290 e. The van der Waals surface area contributed by atoms with E-state index in [1.54, 1.807) is 16.8 Å². The third-order valence-electron chi connectivity index (χ3n) is 3.48. The molecule has 0 N–H and O–H groups in total. The first-order valence-electron chi connectivity index (χ1n) is 7.40. The van der Waals surface area contributed by atoms with Crippen molar-refractivity contribution in [3.05, 3.63) is 64.3 Å². The van der Waals surface area contributed by atoms with Crippen LogP contribution in [0.15, 0.2) is 47.4 Å². The van der Waals surface area contributed by atoms with Crippen LogP contribution in [0.1, 0.15) is 25.2 Å². The van der Waals surface area contributed by atoms with E-state index in [4.69, 9.17) is 0 Å². The maximum atomic E-state index is 12.8. The molecule has 0 aliphatic heterocycles. The number of hydrogen-bond donors (Lipinski definition) is 0. The summed E-state index contributed by atoms with van der Waals surface area (Å²) in [5.41, 5.74) is 1.88. The van der Waals surface area contributed by atoms with E-state index in [1.807, 2.05) is 30.3 Å². The number of rotatable bonds is 4. The van der Waals surface area contributed by atoms with Gasteiger partial charge in [0.1, 0.15) is 5.82 Å². The summed E-state index contributed by atoms with van der Waals surface area (Å²) in [7, 11) is 0. The van der Waals surface area contributed by atoms with E-state index in [2.05, 4.69) is 29.0 Å². The summed E-state index contributed by atoms with van der Waals surface area (Å²) in [4.78, 5) is 17.4. The summed E-state index contributed by atoms with van der Waals surface area (Å²) >= 11 is 0. The van der Waals surface area contributed by atoms with E-state index >= 15 is 0 Å². The Kier molecular flexibility index (Phi) is 3.96. The van der Waals surface area contributed by atoms with Crippen LogP contribution in [0, 0.1) is 5.92 Å². The minimum atomic E-state index is -0.127. The van der Waals surface area contributed by atoms with Crippen LogP contribution in [0.25, 0.3) is 11.0 Å². The molecule has 0 saturated carbocycles. The van der Waals surface area contributed by atoms with Crippen LogP contribution in [0.3, 0.4) is 0 Å². The molecular formula is C17H18N4O. The summed E-state index contributed by atoms with van der Waals surface area (Å²) in [6.07, 6.45) is 2.32. The second-order valence-corrected chi connectivity index (χ2v) is 5.77. The fraction of sp³-hybridized carbons (Fsp3) is 0.294. The number of hydrogen-bond acceptors (Lipinski definition) is 4. The van der Waals surface area contributed by atoms with Crippen LogP contribution in [0.5, 0.6) is 0 Å². The van der Waals surface area contributed by atoms with Crippen molar-refractivity contribution in [3.63, 3.8) is 0 Å². The summed E-state index contributed by atoms with van der Waals surface area (Å²) in [5.74, 6) is 1.21. The van der Waals surface area contributed by atoms with Crippen molar-refractivity contribution in [2.24, 2.45) is 5.92 Å². The normalized spacial score (nSPS) is 11.2. The standard InChI is InChI=1S/C17H18N4O/c1-12(2)10-15-19-14-8-9-18-20-16(14)17(22)21(15)11-13-6-4-3-5-7-13/h3-9,12H,10-11H2,1-2H3. The molecule has 5 nitrogen and oxygen atoms in total. The predicted molar refractivity (Wildman–Crippen MR) is 85.7 cm³/mol. The molecule has 0 saturated heterocycles. The first-order chi connectivity index (χ1) is 10.6. The largest absolute Gasteiger partial charge is 0.290 e. The van der Waals surface area contributed by atoms with E-state index < -0.39 is 0 Å². The SMILES string of the molecule is CC(C)Cc1nc2ccnnc2c(=O)n1Cc1ccccc1. The molecule has 0 bridgehead atoms. The number of benzene rings is 1. The highest BCUT2D eigenvalue weighted by molar-refractivity contribution is 5.71. The van der Waals surface area contributed by atoms with Gasteiger partial charge in [-0.25, -0.2) is 4.98 Å². The molecule has 0 atom stereocenters. The zero-order valence-corrected chi connectivity index (χ0v) is 12.7. The molecule has 2 heterocycles. The number of nitrogens with zero attached hydrogens (tertiary/aromatic N) is 4. The van der Waals surface area contributed by atoms with Crippen LogP contribution in [0.2, 0.25) is 0 Å². The van der Waals surface area contributed by atoms with Crippen molar-refractivity contribution in [3.8, 4) is 0 Å². The van der Waals surface area contributed by atoms with Gasteiger partial charge in [0, 0.05) is 6.42 Å². The van der Waals surface area contributed by atoms with Crippen LogP contribution in [-0.4, -0.2) is 19.7 Å². The van der Waals surface area contributed by atoms with Gasteiger partial charge in [-0.1, -0.05) is 44.2 Å². The van der Waals surface area contributed by atoms with Gasteiger partial charge in [-0.2, -0.15) is 5.10 Å². The van der Waals surface area contributed by atoms with E-state index in [-0.39, 0.29) is 5.56 Å². The molecule has 1 aromatic carbocycles. The summed E-state index contributed by atoms with van der Waals surface area (Å²) < 4.78 is 1.71. The Hall–Kier alpha value is -2.56. The fourth-order valence-electron chi connectivity index (χ4n) is 2.46. The molecule has 0 aliphatic rings. The molecular weight excluding hydrogens is 276 g/mol. The second kappa shape index (κ2) is 6.05. The van der Waals surface area contributed by atoms with Crippen LogP contribution < -0.4 is 5.56 Å². The lowest BCUT2D eigenvalue weighted by atomic mass is 10.1. The molecule has 0 spiro atoms. The Morgan fingerprint density at radius 3 is 2.64 bits per heavy atom. The Morgan fingerprint density at radius 1 is 1.14 bits per heavy atom. The molecule has 3 aromatic rings. The fourth-order valence-corrected chi connectivity index (χ4v) is 2.46. The van der Waals surface area contributed by atoms with Gasteiger partial charge in [0.15, 0.2) is 5.52 Å². The monoisotopic (exact) mass is 294 g/mol. The van der Waals surface area contributed by atoms with E-state index in [0.717, 1.165) is 17.8 Å². The lowest BCUT2D eigenvalue weighted by Crippen LogP contribution is -2.27. The van der Waals surface area contributed by atoms with Crippen LogP contribution in [-0.2, 0) is 13.0 Å². The zero-order chi connectivity index (χ0) is 15.5. The van der Waals surface area contributed by atoms with Gasteiger partial charge in [0.05, 0.1) is 18.3 Å². The lowest BCUT2D eigenvalue weighted by molar-refractivity contribution is 0.573. The molecule has 0 aliphatic carbocycles. The van der Waals surface area contributed by atoms with Gasteiger partial charge in [0.2, 0.25) is 0 Å². The van der Waals surface area contributed by atoms with Gasteiger partial charge < -0.3 is 0 Å². The zero-order valence-electron chi connectivity index (χ0n) is 12.7. The first-order valence-corrected chi connectivity index (χ1v) is 7.40. The molecule has 5 heteroatoms. The topological polar surface area (TPSA) is 60.7 Å². The summed E-state index contributed by atoms with van der Waals surface area (Å²) in [6.45, 7) is 4.74. The molecule has 112 valence electrons. The highest BCUT2D eigenvalue weighted by atomic mass is 16.1. The average Bonchev–Trinajstić information content (AvgIpc) is 2.52. The highest BCUT2D eigenvalue weighted by Crippen LogP contribution is 2.11. The summed E-state index contributed by atoms with van der Waals surface area (Å²) in [6, 6.07) is 11.7. The Balaban J connectivity index is 2.16. The van der Waals surface area contributed by atoms with Crippen molar-refractivity contribution in [2.75, 3.05) is 0 Å². The number of aromatic nitrogens is 4. The average molecular weight is 294 g/mol. The van der Waals surface area contributed by atoms with Crippen LogP contribution in [0.4, 0.5) is 0 Å². The number of fused-ring (bicyclic) bond motifs is 1. The van der Waals surface area contributed by atoms with Crippen molar-refractivity contribution in [1.29, 1.82) is 0 Å². The first kappa shape index (κ1) is 14.4. The third kappa shape index (κ3) is 2.88. The Morgan fingerprint density at radius 2 is 1.91 bits per heavy atom. The molecule has 2 aromatic heterocycles. The van der Waals surface area contributed by atoms with E-state index in [9.17, 15) is 4.79 Å². The highest BCUT2D eigenvalue weighted by Gasteiger charge is 2.13. The molecule has 22 heavy (non-hydrogen) atoms. The van der Waals surface area contributed by atoms with Gasteiger partial charge in [-0.3, -0.25) is 9.36 Å². The smallest absolute Gasteiger partial charge is 0.282 e. The Labute approximate surface area is 128 Å². The third-order valence-corrected chi connectivity index (χ3v) is 3.48. The maximum absolute atomic E-state index is 12.8. The molecule has 3 rings (SSSR count). The molecule has 0 unspecified atom stereocenters. The summed E-state index contributed by atoms with van der Waals surface area (Å²) in [5, 5.41) is 7.77. The van der Waals surface area contributed by atoms with E-state index in [0.29, 0.717) is 23.5 Å². The second-order valence-electron chi connectivity index (χ2n) is 5.77. The minimum absolute atomic E-state index is 0.127. The van der Waals surface area contributed by atoms with E-state index in [1.165, 1.54) is 0 Å². The van der Waals surface area contributed by atoms with Gasteiger partial charge in [0.25, 0.3) is 5.56 Å². The maximum Gasteiger partial charge on any atom is 0.282 e.